The zero-order valence-corrected chi connectivity index (χ0v) is 10.0. The minimum atomic E-state index is -0.376. The SMILES string of the molecule is COc1cccc(C)c1C(=O)C(C)(C)C. The Balaban J connectivity index is 3.30. The molecule has 82 valence electrons. The van der Waals surface area contributed by atoms with Crippen LogP contribution in [0.15, 0.2) is 18.2 Å². The van der Waals surface area contributed by atoms with Crippen LogP contribution in [0.4, 0.5) is 0 Å². The summed E-state index contributed by atoms with van der Waals surface area (Å²) in [5.41, 5.74) is 1.29. The van der Waals surface area contributed by atoms with E-state index in [4.69, 9.17) is 4.74 Å². The molecule has 2 nitrogen and oxygen atoms in total. The third-order valence-corrected chi connectivity index (χ3v) is 2.36. The second kappa shape index (κ2) is 4.05. The molecule has 0 unspecified atom stereocenters. The van der Waals surface area contributed by atoms with Gasteiger partial charge in [0.2, 0.25) is 0 Å². The van der Waals surface area contributed by atoms with E-state index in [1.807, 2.05) is 45.9 Å². The van der Waals surface area contributed by atoms with E-state index in [1.165, 1.54) is 0 Å². The maximum absolute atomic E-state index is 12.2. The number of methoxy groups -OCH3 is 1. The van der Waals surface area contributed by atoms with Crippen LogP contribution in [0.25, 0.3) is 0 Å². The molecule has 0 aliphatic rings. The quantitative estimate of drug-likeness (QED) is 0.694. The molecule has 0 radical (unpaired) electrons. The molecule has 0 aliphatic carbocycles. The molecule has 0 saturated heterocycles. The summed E-state index contributed by atoms with van der Waals surface area (Å²) in [4.78, 5) is 12.2. The van der Waals surface area contributed by atoms with Gasteiger partial charge in [0.05, 0.1) is 12.7 Å². The van der Waals surface area contributed by atoms with E-state index in [9.17, 15) is 4.79 Å². The number of hydrogen-bond acceptors (Lipinski definition) is 2. The van der Waals surface area contributed by atoms with Gasteiger partial charge in [-0.1, -0.05) is 32.9 Å². The summed E-state index contributed by atoms with van der Waals surface area (Å²) in [6, 6.07) is 5.65. The van der Waals surface area contributed by atoms with E-state index in [0.29, 0.717) is 11.3 Å². The number of carbonyl (C=O) groups excluding carboxylic acids is 1. The standard InChI is InChI=1S/C13H18O2/c1-9-7-6-8-10(15-5)11(9)12(14)13(2,3)4/h6-8H,1-5H3. The Morgan fingerprint density at radius 1 is 1.27 bits per heavy atom. The highest BCUT2D eigenvalue weighted by atomic mass is 16.5. The Morgan fingerprint density at radius 3 is 2.33 bits per heavy atom. The Hall–Kier alpha value is -1.31. The van der Waals surface area contributed by atoms with Gasteiger partial charge in [-0.05, 0) is 18.6 Å². The van der Waals surface area contributed by atoms with Crippen LogP contribution in [0.2, 0.25) is 0 Å². The van der Waals surface area contributed by atoms with Crippen LogP contribution in [0.1, 0.15) is 36.7 Å². The molecule has 0 saturated carbocycles. The lowest BCUT2D eigenvalue weighted by atomic mass is 9.84. The number of ether oxygens (including phenoxy) is 1. The first-order chi connectivity index (χ1) is 6.88. The van der Waals surface area contributed by atoms with Crippen molar-refractivity contribution in [1.82, 2.24) is 0 Å². The van der Waals surface area contributed by atoms with E-state index >= 15 is 0 Å². The predicted octanol–water partition coefficient (Wildman–Crippen LogP) is 3.23. The topological polar surface area (TPSA) is 26.3 Å². The normalized spacial score (nSPS) is 11.3. The summed E-state index contributed by atoms with van der Waals surface area (Å²) in [7, 11) is 1.59. The second-order valence-electron chi connectivity index (χ2n) is 4.73. The number of Topliss-reactive ketones (excluding diaryl/α,β-unsaturated/α-hetero) is 1. The highest BCUT2D eigenvalue weighted by Crippen LogP contribution is 2.29. The van der Waals surface area contributed by atoms with E-state index in [-0.39, 0.29) is 11.2 Å². The van der Waals surface area contributed by atoms with Crippen molar-refractivity contribution in [2.75, 3.05) is 7.11 Å². The third-order valence-electron chi connectivity index (χ3n) is 2.36. The summed E-state index contributed by atoms with van der Waals surface area (Å²) in [5.74, 6) is 0.785. The van der Waals surface area contributed by atoms with E-state index in [1.54, 1.807) is 7.11 Å². The Bertz CT molecular complexity index is 373. The van der Waals surface area contributed by atoms with Gasteiger partial charge in [0.15, 0.2) is 5.78 Å². The van der Waals surface area contributed by atoms with Crippen molar-refractivity contribution in [3.05, 3.63) is 29.3 Å². The average molecular weight is 206 g/mol. The molecule has 1 aromatic rings. The first kappa shape index (κ1) is 11.8. The number of carbonyl (C=O) groups is 1. The van der Waals surface area contributed by atoms with Crippen LogP contribution in [0.5, 0.6) is 5.75 Å². The minimum Gasteiger partial charge on any atom is -0.496 e. The number of ketones is 1. The molecule has 0 atom stereocenters. The summed E-state index contributed by atoms with van der Waals surface area (Å²) < 4.78 is 5.22. The fourth-order valence-corrected chi connectivity index (χ4v) is 1.48. The van der Waals surface area contributed by atoms with Crippen LogP contribution in [0, 0.1) is 12.3 Å². The van der Waals surface area contributed by atoms with Crippen LogP contribution < -0.4 is 4.74 Å². The molecule has 0 bridgehead atoms. The Kier molecular flexibility index (Phi) is 3.18. The molecule has 2 heteroatoms. The summed E-state index contributed by atoms with van der Waals surface area (Å²) in [6.07, 6.45) is 0. The molecule has 15 heavy (non-hydrogen) atoms. The van der Waals surface area contributed by atoms with E-state index in [2.05, 4.69) is 0 Å². The lowest BCUT2D eigenvalue weighted by Crippen LogP contribution is -2.21. The largest absolute Gasteiger partial charge is 0.496 e. The summed E-state index contributed by atoms with van der Waals surface area (Å²) >= 11 is 0. The summed E-state index contributed by atoms with van der Waals surface area (Å²) in [5, 5.41) is 0. The van der Waals surface area contributed by atoms with Gasteiger partial charge in [-0.3, -0.25) is 4.79 Å². The van der Waals surface area contributed by atoms with Gasteiger partial charge in [-0.15, -0.1) is 0 Å². The van der Waals surface area contributed by atoms with Crippen LogP contribution >= 0.6 is 0 Å². The van der Waals surface area contributed by atoms with Gasteiger partial charge in [-0.2, -0.15) is 0 Å². The highest BCUT2D eigenvalue weighted by molar-refractivity contribution is 6.03. The number of rotatable bonds is 2. The van der Waals surface area contributed by atoms with Crippen LogP contribution in [-0.2, 0) is 0 Å². The van der Waals surface area contributed by atoms with Crippen molar-refractivity contribution < 1.29 is 9.53 Å². The van der Waals surface area contributed by atoms with Gasteiger partial charge < -0.3 is 4.74 Å². The molecule has 0 fully saturated rings. The van der Waals surface area contributed by atoms with Gasteiger partial charge >= 0.3 is 0 Å². The maximum Gasteiger partial charge on any atom is 0.172 e. The number of benzene rings is 1. The zero-order valence-electron chi connectivity index (χ0n) is 10.0. The first-order valence-corrected chi connectivity index (χ1v) is 5.06. The zero-order chi connectivity index (χ0) is 11.6. The number of aryl methyl sites for hydroxylation is 1. The molecule has 0 aliphatic heterocycles. The molecular formula is C13H18O2. The molecule has 0 heterocycles. The monoisotopic (exact) mass is 206 g/mol. The van der Waals surface area contributed by atoms with Gasteiger partial charge in [-0.25, -0.2) is 0 Å². The van der Waals surface area contributed by atoms with E-state index < -0.39 is 0 Å². The minimum absolute atomic E-state index is 0.123. The first-order valence-electron chi connectivity index (χ1n) is 5.06. The molecule has 0 amide bonds. The van der Waals surface area contributed by atoms with E-state index in [0.717, 1.165) is 5.56 Å². The van der Waals surface area contributed by atoms with Gasteiger partial charge in [0.25, 0.3) is 0 Å². The van der Waals surface area contributed by atoms with Crippen LogP contribution in [-0.4, -0.2) is 12.9 Å². The fraction of sp³-hybridized carbons (Fsp3) is 0.462. The van der Waals surface area contributed by atoms with Crippen molar-refractivity contribution in [2.45, 2.75) is 27.7 Å². The number of hydrogen-bond donors (Lipinski definition) is 0. The van der Waals surface area contributed by atoms with Gasteiger partial charge in [0, 0.05) is 5.41 Å². The molecule has 0 spiro atoms. The molecule has 1 rings (SSSR count). The average Bonchev–Trinajstić information content (AvgIpc) is 2.15. The smallest absolute Gasteiger partial charge is 0.172 e. The second-order valence-corrected chi connectivity index (χ2v) is 4.73. The molecule has 0 N–H and O–H groups in total. The molecular weight excluding hydrogens is 188 g/mol. The molecule has 1 aromatic carbocycles. The maximum atomic E-state index is 12.2. The van der Waals surface area contributed by atoms with Crippen molar-refractivity contribution in [2.24, 2.45) is 5.41 Å². The lowest BCUT2D eigenvalue weighted by Gasteiger charge is -2.19. The third kappa shape index (κ3) is 2.38. The van der Waals surface area contributed by atoms with Crippen molar-refractivity contribution in [1.29, 1.82) is 0 Å². The van der Waals surface area contributed by atoms with Crippen molar-refractivity contribution >= 4 is 5.78 Å². The van der Waals surface area contributed by atoms with Crippen molar-refractivity contribution in [3.8, 4) is 5.75 Å². The van der Waals surface area contributed by atoms with Crippen LogP contribution in [0.3, 0.4) is 0 Å². The van der Waals surface area contributed by atoms with Gasteiger partial charge in [0.1, 0.15) is 5.75 Å². The lowest BCUT2D eigenvalue weighted by molar-refractivity contribution is 0.0854. The Morgan fingerprint density at radius 2 is 1.87 bits per heavy atom. The molecule has 0 aromatic heterocycles. The predicted molar refractivity (Wildman–Crippen MR) is 61.5 cm³/mol. The van der Waals surface area contributed by atoms with Crippen molar-refractivity contribution in [3.63, 3.8) is 0 Å². The summed E-state index contributed by atoms with van der Waals surface area (Å²) in [6.45, 7) is 7.69. The fourth-order valence-electron chi connectivity index (χ4n) is 1.48. The highest BCUT2D eigenvalue weighted by Gasteiger charge is 2.26. The Labute approximate surface area is 91.3 Å².